The lowest BCUT2D eigenvalue weighted by molar-refractivity contribution is 0.171. The fourth-order valence-corrected chi connectivity index (χ4v) is 1.83. The van der Waals surface area contributed by atoms with Gasteiger partial charge in [0.15, 0.2) is 11.5 Å². The van der Waals surface area contributed by atoms with Gasteiger partial charge in [0.2, 0.25) is 0 Å². The number of hydrogen-bond acceptors (Lipinski definition) is 3. The van der Waals surface area contributed by atoms with Gasteiger partial charge in [0, 0.05) is 18.2 Å². The molecule has 0 saturated heterocycles. The summed E-state index contributed by atoms with van der Waals surface area (Å²) in [5.74, 6) is 1.53. The lowest BCUT2D eigenvalue weighted by Crippen LogP contribution is -2.15. The van der Waals surface area contributed by atoms with Gasteiger partial charge in [-0.2, -0.15) is 0 Å². The highest BCUT2D eigenvalue weighted by Crippen LogP contribution is 2.39. The number of anilines is 1. The smallest absolute Gasteiger partial charge is 0.163 e. The Hall–Kier alpha value is -1.09. The Kier molecular flexibility index (Phi) is 2.13. The van der Waals surface area contributed by atoms with Gasteiger partial charge >= 0.3 is 0 Å². The summed E-state index contributed by atoms with van der Waals surface area (Å²) in [4.78, 5) is 0. The van der Waals surface area contributed by atoms with E-state index in [2.05, 4.69) is 5.32 Å². The van der Waals surface area contributed by atoms with E-state index in [1.165, 1.54) is 12.8 Å². The van der Waals surface area contributed by atoms with Crippen LogP contribution in [0, 0.1) is 0 Å². The average Bonchev–Trinajstić information content (AvgIpc) is 3.03. The zero-order valence-corrected chi connectivity index (χ0v) is 9.01. The summed E-state index contributed by atoms with van der Waals surface area (Å²) in [7, 11) is 0. The van der Waals surface area contributed by atoms with Crippen molar-refractivity contribution in [1.82, 2.24) is 0 Å². The molecule has 1 aliphatic heterocycles. The largest absolute Gasteiger partial charge is 0.486 e. The lowest BCUT2D eigenvalue weighted by Gasteiger charge is -2.20. The minimum Gasteiger partial charge on any atom is -0.486 e. The highest BCUT2D eigenvalue weighted by atomic mass is 35.5. The summed E-state index contributed by atoms with van der Waals surface area (Å²) in [6, 6.07) is 4.33. The summed E-state index contributed by atoms with van der Waals surface area (Å²) in [5, 5.41) is 4.07. The number of benzene rings is 1. The molecule has 0 unspecified atom stereocenters. The predicted octanol–water partition coefficient (Wildman–Crippen LogP) is 2.69. The number of halogens is 1. The molecular formula is C11H12ClNO2. The molecule has 0 radical (unpaired) electrons. The minimum atomic E-state index is 0.588. The molecule has 15 heavy (non-hydrogen) atoms. The Balaban J connectivity index is 1.92. The molecule has 1 saturated carbocycles. The van der Waals surface area contributed by atoms with Crippen LogP contribution in [0.5, 0.6) is 11.5 Å². The van der Waals surface area contributed by atoms with Gasteiger partial charge in [0.25, 0.3) is 0 Å². The van der Waals surface area contributed by atoms with Crippen LogP contribution in [-0.2, 0) is 0 Å². The van der Waals surface area contributed by atoms with Crippen LogP contribution in [0.4, 0.5) is 5.69 Å². The molecule has 0 amide bonds. The molecule has 1 fully saturated rings. The average molecular weight is 226 g/mol. The number of ether oxygens (including phenoxy) is 2. The van der Waals surface area contributed by atoms with E-state index in [0.29, 0.717) is 24.3 Å². The van der Waals surface area contributed by atoms with Crippen molar-refractivity contribution in [1.29, 1.82) is 0 Å². The van der Waals surface area contributed by atoms with Crippen LogP contribution < -0.4 is 14.8 Å². The highest BCUT2D eigenvalue weighted by molar-refractivity contribution is 6.33. The van der Waals surface area contributed by atoms with Crippen molar-refractivity contribution in [3.8, 4) is 11.5 Å². The van der Waals surface area contributed by atoms with E-state index in [4.69, 9.17) is 21.1 Å². The first-order valence-corrected chi connectivity index (χ1v) is 5.56. The normalized spacial score (nSPS) is 18.7. The second-order valence-electron chi connectivity index (χ2n) is 3.89. The van der Waals surface area contributed by atoms with Gasteiger partial charge in [-0.1, -0.05) is 11.6 Å². The maximum absolute atomic E-state index is 6.14. The summed E-state index contributed by atoms with van der Waals surface area (Å²) >= 11 is 6.14. The maximum Gasteiger partial charge on any atom is 0.163 e. The first-order valence-electron chi connectivity index (χ1n) is 5.18. The SMILES string of the molecule is Clc1cc2c(cc1NC1CC1)OCCO2. The first-order chi connectivity index (χ1) is 7.33. The third kappa shape index (κ3) is 1.84. The lowest BCUT2D eigenvalue weighted by atomic mass is 10.2. The van der Waals surface area contributed by atoms with Crippen LogP contribution in [-0.4, -0.2) is 19.3 Å². The Labute approximate surface area is 93.3 Å². The number of nitrogens with one attached hydrogen (secondary N) is 1. The monoisotopic (exact) mass is 225 g/mol. The van der Waals surface area contributed by atoms with E-state index in [1.807, 2.05) is 12.1 Å². The standard InChI is InChI=1S/C11H12ClNO2/c12-8-5-10-11(15-4-3-14-10)6-9(8)13-7-1-2-7/h5-7,13H,1-4H2. The highest BCUT2D eigenvalue weighted by Gasteiger charge is 2.23. The molecule has 0 atom stereocenters. The number of hydrogen-bond donors (Lipinski definition) is 1. The van der Waals surface area contributed by atoms with E-state index in [9.17, 15) is 0 Å². The fourth-order valence-electron chi connectivity index (χ4n) is 1.62. The van der Waals surface area contributed by atoms with Gasteiger partial charge < -0.3 is 14.8 Å². The van der Waals surface area contributed by atoms with Gasteiger partial charge in [0.05, 0.1) is 10.7 Å². The van der Waals surface area contributed by atoms with Crippen LogP contribution in [0.1, 0.15) is 12.8 Å². The van der Waals surface area contributed by atoms with E-state index in [0.717, 1.165) is 17.2 Å². The van der Waals surface area contributed by atoms with Gasteiger partial charge in [0.1, 0.15) is 13.2 Å². The zero-order chi connectivity index (χ0) is 10.3. The minimum absolute atomic E-state index is 0.588. The van der Waals surface area contributed by atoms with Crippen LogP contribution in [0.15, 0.2) is 12.1 Å². The Morgan fingerprint density at radius 2 is 1.80 bits per heavy atom. The molecule has 2 aliphatic rings. The van der Waals surface area contributed by atoms with E-state index in [-0.39, 0.29) is 0 Å². The topological polar surface area (TPSA) is 30.5 Å². The molecule has 3 rings (SSSR count). The Morgan fingerprint density at radius 3 is 2.47 bits per heavy atom. The molecule has 0 bridgehead atoms. The van der Waals surface area contributed by atoms with Crippen molar-refractivity contribution in [3.05, 3.63) is 17.2 Å². The van der Waals surface area contributed by atoms with Crippen molar-refractivity contribution in [3.63, 3.8) is 0 Å². The Morgan fingerprint density at radius 1 is 1.13 bits per heavy atom. The molecule has 1 aliphatic carbocycles. The third-order valence-electron chi connectivity index (χ3n) is 2.57. The second-order valence-corrected chi connectivity index (χ2v) is 4.30. The fraction of sp³-hybridized carbons (Fsp3) is 0.455. The van der Waals surface area contributed by atoms with Gasteiger partial charge in [-0.3, -0.25) is 0 Å². The maximum atomic E-state index is 6.14. The molecule has 4 heteroatoms. The van der Waals surface area contributed by atoms with Gasteiger partial charge in [-0.15, -0.1) is 0 Å². The molecule has 1 N–H and O–H groups in total. The summed E-state index contributed by atoms with van der Waals surface area (Å²) in [6.45, 7) is 1.20. The van der Waals surface area contributed by atoms with Gasteiger partial charge in [-0.05, 0) is 12.8 Å². The molecular weight excluding hydrogens is 214 g/mol. The predicted molar refractivity (Wildman–Crippen MR) is 59.1 cm³/mol. The molecule has 1 heterocycles. The number of fused-ring (bicyclic) bond motifs is 1. The molecule has 0 aromatic heterocycles. The van der Waals surface area contributed by atoms with Crippen LogP contribution in [0.3, 0.4) is 0 Å². The molecule has 3 nitrogen and oxygen atoms in total. The van der Waals surface area contributed by atoms with Crippen molar-refractivity contribution in [2.75, 3.05) is 18.5 Å². The van der Waals surface area contributed by atoms with Gasteiger partial charge in [-0.25, -0.2) is 0 Å². The second kappa shape index (κ2) is 3.49. The molecule has 80 valence electrons. The molecule has 1 aromatic rings. The van der Waals surface area contributed by atoms with Crippen molar-refractivity contribution >= 4 is 17.3 Å². The molecule has 1 aromatic carbocycles. The van der Waals surface area contributed by atoms with Crippen molar-refractivity contribution in [2.45, 2.75) is 18.9 Å². The molecule has 0 spiro atoms. The summed E-state index contributed by atoms with van der Waals surface area (Å²) < 4.78 is 10.9. The van der Waals surface area contributed by atoms with E-state index >= 15 is 0 Å². The van der Waals surface area contributed by atoms with Crippen molar-refractivity contribution in [2.24, 2.45) is 0 Å². The van der Waals surface area contributed by atoms with Crippen LogP contribution in [0.25, 0.3) is 0 Å². The quantitative estimate of drug-likeness (QED) is 0.840. The van der Waals surface area contributed by atoms with Crippen LogP contribution in [0.2, 0.25) is 5.02 Å². The number of rotatable bonds is 2. The summed E-state index contributed by atoms with van der Waals surface area (Å²) in [6.07, 6.45) is 2.45. The zero-order valence-electron chi connectivity index (χ0n) is 8.25. The van der Waals surface area contributed by atoms with Crippen molar-refractivity contribution < 1.29 is 9.47 Å². The van der Waals surface area contributed by atoms with E-state index in [1.54, 1.807) is 0 Å². The summed E-state index contributed by atoms with van der Waals surface area (Å²) in [5.41, 5.74) is 0.948. The third-order valence-corrected chi connectivity index (χ3v) is 2.88. The van der Waals surface area contributed by atoms with Crippen LogP contribution >= 0.6 is 11.6 Å². The Bertz CT molecular complexity index is 390. The first kappa shape index (κ1) is 9.16. The van der Waals surface area contributed by atoms with E-state index < -0.39 is 0 Å².